The molecule has 0 aliphatic rings. The molecule has 0 radical (unpaired) electrons. The van der Waals surface area contributed by atoms with Crippen molar-refractivity contribution < 1.29 is 9.90 Å². The van der Waals surface area contributed by atoms with Crippen molar-refractivity contribution in [3.63, 3.8) is 0 Å². The quantitative estimate of drug-likeness (QED) is 0.768. The first-order valence-electron chi connectivity index (χ1n) is 6.07. The van der Waals surface area contributed by atoms with Crippen LogP contribution in [0.4, 0.5) is 5.69 Å². The SMILES string of the molecule is CC(O)c1ccccc1NC(=O)[C@H](N)C(C)(C)C. The fraction of sp³-hybridized carbons (Fsp3) is 0.500. The Balaban J connectivity index is 2.89. The summed E-state index contributed by atoms with van der Waals surface area (Å²) in [6.07, 6.45) is -0.632. The molecule has 0 spiro atoms. The number of aliphatic hydroxyl groups excluding tert-OH is 1. The molecule has 2 atom stereocenters. The zero-order valence-electron chi connectivity index (χ0n) is 11.4. The summed E-state index contributed by atoms with van der Waals surface area (Å²) < 4.78 is 0. The average molecular weight is 250 g/mol. The predicted molar refractivity (Wildman–Crippen MR) is 73.1 cm³/mol. The molecule has 1 aromatic rings. The van der Waals surface area contributed by atoms with E-state index in [4.69, 9.17) is 5.73 Å². The maximum absolute atomic E-state index is 12.0. The van der Waals surface area contributed by atoms with Crippen LogP contribution in [0.3, 0.4) is 0 Å². The Labute approximate surface area is 108 Å². The molecular formula is C14H22N2O2. The van der Waals surface area contributed by atoms with E-state index in [1.54, 1.807) is 19.1 Å². The second kappa shape index (κ2) is 5.50. The van der Waals surface area contributed by atoms with Crippen LogP contribution in [0.25, 0.3) is 0 Å². The molecular weight excluding hydrogens is 228 g/mol. The number of nitrogens with two attached hydrogens (primary N) is 1. The Morgan fingerprint density at radius 3 is 2.39 bits per heavy atom. The third kappa shape index (κ3) is 3.55. The molecule has 0 saturated carbocycles. The highest BCUT2D eigenvalue weighted by molar-refractivity contribution is 5.95. The molecule has 4 heteroatoms. The van der Waals surface area contributed by atoms with E-state index in [1.165, 1.54) is 0 Å². The van der Waals surface area contributed by atoms with Gasteiger partial charge in [0.1, 0.15) is 0 Å². The van der Waals surface area contributed by atoms with E-state index in [2.05, 4.69) is 5.32 Å². The molecule has 100 valence electrons. The van der Waals surface area contributed by atoms with Crippen molar-refractivity contribution in [2.75, 3.05) is 5.32 Å². The van der Waals surface area contributed by atoms with Gasteiger partial charge in [-0.2, -0.15) is 0 Å². The summed E-state index contributed by atoms with van der Waals surface area (Å²) in [6.45, 7) is 7.40. The van der Waals surface area contributed by atoms with Gasteiger partial charge in [0.05, 0.1) is 12.1 Å². The molecule has 0 heterocycles. The summed E-state index contributed by atoms with van der Waals surface area (Å²) in [5.41, 5.74) is 6.89. The largest absolute Gasteiger partial charge is 0.389 e. The summed E-state index contributed by atoms with van der Waals surface area (Å²) in [5.74, 6) is -0.240. The lowest BCUT2D eigenvalue weighted by molar-refractivity contribution is -0.119. The van der Waals surface area contributed by atoms with Crippen LogP contribution in [0.1, 0.15) is 39.4 Å². The minimum atomic E-state index is -0.632. The van der Waals surface area contributed by atoms with Gasteiger partial charge in [0.25, 0.3) is 0 Å². The highest BCUT2D eigenvalue weighted by Crippen LogP contribution is 2.24. The first-order valence-corrected chi connectivity index (χ1v) is 6.07. The number of aliphatic hydroxyl groups is 1. The Kier molecular flexibility index (Phi) is 4.48. The lowest BCUT2D eigenvalue weighted by Gasteiger charge is -2.26. The molecule has 4 nitrogen and oxygen atoms in total. The summed E-state index contributed by atoms with van der Waals surface area (Å²) >= 11 is 0. The van der Waals surface area contributed by atoms with Crippen molar-refractivity contribution >= 4 is 11.6 Å². The van der Waals surface area contributed by atoms with Gasteiger partial charge in [-0.3, -0.25) is 4.79 Å². The lowest BCUT2D eigenvalue weighted by atomic mass is 9.87. The fourth-order valence-electron chi connectivity index (χ4n) is 1.58. The number of rotatable bonds is 3. The van der Waals surface area contributed by atoms with E-state index in [-0.39, 0.29) is 11.3 Å². The van der Waals surface area contributed by atoms with Crippen molar-refractivity contribution in [2.45, 2.75) is 39.8 Å². The van der Waals surface area contributed by atoms with Crippen molar-refractivity contribution in [1.29, 1.82) is 0 Å². The molecule has 1 rings (SSSR count). The topological polar surface area (TPSA) is 75.3 Å². The zero-order valence-corrected chi connectivity index (χ0v) is 11.4. The molecule has 1 unspecified atom stereocenters. The number of carbonyl (C=O) groups is 1. The molecule has 0 fully saturated rings. The summed E-state index contributed by atoms with van der Waals surface area (Å²) in [5, 5.41) is 12.4. The zero-order chi connectivity index (χ0) is 13.9. The van der Waals surface area contributed by atoms with Crippen LogP contribution in [0.5, 0.6) is 0 Å². The first kappa shape index (κ1) is 14.7. The van der Waals surface area contributed by atoms with E-state index in [0.29, 0.717) is 11.3 Å². The van der Waals surface area contributed by atoms with E-state index in [9.17, 15) is 9.90 Å². The molecule has 0 aromatic heterocycles. The standard InChI is InChI=1S/C14H22N2O2/c1-9(17)10-7-5-6-8-11(10)16-13(18)12(15)14(2,3)4/h5-9,12,17H,15H2,1-4H3,(H,16,18)/t9?,12-/m0/s1. The summed E-state index contributed by atoms with van der Waals surface area (Å²) in [7, 11) is 0. The second-order valence-corrected chi connectivity index (χ2v) is 5.60. The van der Waals surface area contributed by atoms with E-state index >= 15 is 0 Å². The smallest absolute Gasteiger partial charge is 0.241 e. The van der Waals surface area contributed by atoms with Crippen LogP contribution < -0.4 is 11.1 Å². The molecule has 0 aliphatic heterocycles. The Hall–Kier alpha value is -1.39. The molecule has 1 amide bonds. The Bertz CT molecular complexity index is 422. The van der Waals surface area contributed by atoms with Gasteiger partial charge < -0.3 is 16.2 Å². The van der Waals surface area contributed by atoms with Crippen LogP contribution in [0.2, 0.25) is 0 Å². The second-order valence-electron chi connectivity index (χ2n) is 5.60. The third-order valence-electron chi connectivity index (χ3n) is 2.88. The van der Waals surface area contributed by atoms with E-state index in [1.807, 2.05) is 32.9 Å². The van der Waals surface area contributed by atoms with Crippen molar-refractivity contribution in [2.24, 2.45) is 11.1 Å². The number of anilines is 1. The van der Waals surface area contributed by atoms with Crippen LogP contribution >= 0.6 is 0 Å². The van der Waals surface area contributed by atoms with Gasteiger partial charge in [0, 0.05) is 11.3 Å². The molecule has 0 aliphatic carbocycles. The summed E-state index contributed by atoms with van der Waals surface area (Å²) in [4.78, 5) is 12.0. The van der Waals surface area contributed by atoms with Crippen molar-refractivity contribution in [1.82, 2.24) is 0 Å². The summed E-state index contributed by atoms with van der Waals surface area (Å²) in [6, 6.07) is 6.57. The van der Waals surface area contributed by atoms with Gasteiger partial charge in [-0.15, -0.1) is 0 Å². The van der Waals surface area contributed by atoms with Gasteiger partial charge in [-0.05, 0) is 18.4 Å². The fourth-order valence-corrected chi connectivity index (χ4v) is 1.58. The maximum atomic E-state index is 12.0. The monoisotopic (exact) mass is 250 g/mol. The molecule has 18 heavy (non-hydrogen) atoms. The Morgan fingerprint density at radius 1 is 1.33 bits per heavy atom. The number of nitrogens with one attached hydrogen (secondary N) is 1. The minimum absolute atomic E-state index is 0.240. The molecule has 4 N–H and O–H groups in total. The molecule has 1 aromatic carbocycles. The number of carbonyl (C=O) groups excluding carboxylic acids is 1. The minimum Gasteiger partial charge on any atom is -0.389 e. The van der Waals surface area contributed by atoms with Gasteiger partial charge in [0.15, 0.2) is 0 Å². The van der Waals surface area contributed by atoms with Gasteiger partial charge >= 0.3 is 0 Å². The van der Waals surface area contributed by atoms with E-state index < -0.39 is 12.1 Å². The van der Waals surface area contributed by atoms with Crippen LogP contribution in [0.15, 0.2) is 24.3 Å². The van der Waals surface area contributed by atoms with E-state index in [0.717, 1.165) is 0 Å². The van der Waals surface area contributed by atoms with Crippen molar-refractivity contribution in [3.8, 4) is 0 Å². The Morgan fingerprint density at radius 2 is 1.89 bits per heavy atom. The predicted octanol–water partition coefficient (Wildman–Crippen LogP) is 2.05. The first-order chi connectivity index (χ1) is 8.23. The average Bonchev–Trinajstić information content (AvgIpc) is 2.27. The number of amides is 1. The number of para-hydroxylation sites is 1. The van der Waals surface area contributed by atoms with Gasteiger partial charge in [-0.1, -0.05) is 39.0 Å². The normalized spacial score (nSPS) is 15.0. The number of benzene rings is 1. The number of hydrogen-bond donors (Lipinski definition) is 3. The maximum Gasteiger partial charge on any atom is 0.241 e. The lowest BCUT2D eigenvalue weighted by Crippen LogP contribution is -2.45. The van der Waals surface area contributed by atoms with Crippen LogP contribution in [-0.4, -0.2) is 17.1 Å². The van der Waals surface area contributed by atoms with Crippen LogP contribution in [-0.2, 0) is 4.79 Å². The highest BCUT2D eigenvalue weighted by Gasteiger charge is 2.27. The number of hydrogen-bond acceptors (Lipinski definition) is 3. The van der Waals surface area contributed by atoms with Crippen molar-refractivity contribution in [3.05, 3.63) is 29.8 Å². The van der Waals surface area contributed by atoms with Gasteiger partial charge in [0.2, 0.25) is 5.91 Å². The van der Waals surface area contributed by atoms with Gasteiger partial charge in [-0.25, -0.2) is 0 Å². The molecule has 0 saturated heterocycles. The molecule has 0 bridgehead atoms. The third-order valence-corrected chi connectivity index (χ3v) is 2.88. The highest BCUT2D eigenvalue weighted by atomic mass is 16.3. The van der Waals surface area contributed by atoms with Crippen LogP contribution in [0, 0.1) is 5.41 Å².